The van der Waals surface area contributed by atoms with Crippen LogP contribution in [0.4, 0.5) is 0 Å². The number of carboxylic acid groups (broad SMARTS) is 1. The molecule has 1 amide bonds. The van der Waals surface area contributed by atoms with Crippen LogP contribution in [0.25, 0.3) is 0 Å². The normalized spacial score (nSPS) is 29.2. The molecule has 0 saturated heterocycles. The van der Waals surface area contributed by atoms with Gasteiger partial charge in [-0.15, -0.1) is 0 Å². The maximum atomic E-state index is 11.2. The van der Waals surface area contributed by atoms with E-state index >= 15 is 0 Å². The smallest absolute Gasteiger partial charge is 0.325 e. The summed E-state index contributed by atoms with van der Waals surface area (Å²) >= 11 is 0. The highest BCUT2D eigenvalue weighted by Crippen LogP contribution is 2.37. The number of nitrogens with one attached hydrogen (secondary N) is 1. The van der Waals surface area contributed by atoms with Gasteiger partial charge in [-0.05, 0) is 19.3 Å². The van der Waals surface area contributed by atoms with Crippen LogP contribution in [0.2, 0.25) is 0 Å². The van der Waals surface area contributed by atoms with Crippen molar-refractivity contribution in [2.24, 2.45) is 11.8 Å². The zero-order chi connectivity index (χ0) is 9.30. The second kappa shape index (κ2) is 3.13. The number of amides is 1. The van der Waals surface area contributed by atoms with E-state index in [2.05, 4.69) is 5.32 Å². The molecule has 0 aromatic carbocycles. The molecule has 2 N–H and O–H groups in total. The average Bonchev–Trinajstić information content (AvgIpc) is 2.66. The highest BCUT2D eigenvalue weighted by molar-refractivity contribution is 5.86. The standard InChI is InChI=1S/C8H13NO3/c1-4-3-6(4)7(10)9-5(2)8(11)12/h4-6H,3H2,1-2H3,(H,9,10)(H,11,12)/t4?,5-,6?/m1/s1. The molecule has 0 radical (unpaired) electrons. The van der Waals surface area contributed by atoms with Crippen LogP contribution in [0, 0.1) is 11.8 Å². The predicted octanol–water partition coefficient (Wildman–Crippen LogP) is 0.232. The molecule has 0 aromatic rings. The van der Waals surface area contributed by atoms with Crippen molar-refractivity contribution in [3.8, 4) is 0 Å². The van der Waals surface area contributed by atoms with Crippen molar-refractivity contribution in [2.45, 2.75) is 26.3 Å². The lowest BCUT2D eigenvalue weighted by molar-refractivity contribution is -0.141. The van der Waals surface area contributed by atoms with Crippen LogP contribution in [0.15, 0.2) is 0 Å². The molecule has 12 heavy (non-hydrogen) atoms. The number of hydrogen-bond acceptors (Lipinski definition) is 2. The van der Waals surface area contributed by atoms with Crippen molar-refractivity contribution < 1.29 is 14.7 Å². The molecule has 1 rings (SSSR count). The minimum atomic E-state index is -0.989. The minimum absolute atomic E-state index is 0.0480. The molecular formula is C8H13NO3. The van der Waals surface area contributed by atoms with Crippen molar-refractivity contribution in [2.75, 3.05) is 0 Å². The van der Waals surface area contributed by atoms with Gasteiger partial charge < -0.3 is 10.4 Å². The van der Waals surface area contributed by atoms with Crippen molar-refractivity contribution in [3.05, 3.63) is 0 Å². The number of hydrogen-bond donors (Lipinski definition) is 2. The maximum absolute atomic E-state index is 11.2. The van der Waals surface area contributed by atoms with Gasteiger partial charge in [-0.1, -0.05) is 6.92 Å². The summed E-state index contributed by atoms with van der Waals surface area (Å²) in [5.74, 6) is -0.646. The van der Waals surface area contributed by atoms with Gasteiger partial charge in [0.05, 0.1) is 0 Å². The number of carbonyl (C=O) groups excluding carboxylic acids is 1. The first-order valence-electron chi connectivity index (χ1n) is 4.05. The Morgan fingerprint density at radius 2 is 2.08 bits per heavy atom. The Hall–Kier alpha value is -1.06. The average molecular weight is 171 g/mol. The lowest BCUT2D eigenvalue weighted by Crippen LogP contribution is -2.39. The van der Waals surface area contributed by atoms with E-state index in [1.165, 1.54) is 6.92 Å². The topological polar surface area (TPSA) is 66.4 Å². The Bertz CT molecular complexity index is 214. The molecule has 0 aromatic heterocycles. The van der Waals surface area contributed by atoms with Gasteiger partial charge in [-0.25, -0.2) is 0 Å². The second-order valence-electron chi connectivity index (χ2n) is 3.39. The molecule has 0 heterocycles. The van der Waals surface area contributed by atoms with E-state index in [-0.39, 0.29) is 11.8 Å². The van der Waals surface area contributed by atoms with Gasteiger partial charge in [-0.3, -0.25) is 9.59 Å². The Morgan fingerprint density at radius 1 is 1.58 bits per heavy atom. The minimum Gasteiger partial charge on any atom is -0.480 e. The fourth-order valence-electron chi connectivity index (χ4n) is 1.07. The van der Waals surface area contributed by atoms with Crippen LogP contribution in [0.5, 0.6) is 0 Å². The number of carbonyl (C=O) groups is 2. The molecule has 4 nitrogen and oxygen atoms in total. The molecule has 3 atom stereocenters. The van der Waals surface area contributed by atoms with Crippen LogP contribution in [-0.4, -0.2) is 23.0 Å². The third-order valence-corrected chi connectivity index (χ3v) is 2.18. The first-order chi connectivity index (χ1) is 5.52. The molecule has 1 fully saturated rings. The van der Waals surface area contributed by atoms with E-state index < -0.39 is 12.0 Å². The second-order valence-corrected chi connectivity index (χ2v) is 3.39. The molecular weight excluding hydrogens is 158 g/mol. The Labute approximate surface area is 71.0 Å². The summed E-state index contributed by atoms with van der Waals surface area (Å²) in [4.78, 5) is 21.5. The molecule has 0 spiro atoms. The first-order valence-corrected chi connectivity index (χ1v) is 4.05. The Kier molecular flexibility index (Phi) is 2.35. The van der Waals surface area contributed by atoms with Crippen molar-refractivity contribution in [1.82, 2.24) is 5.32 Å². The van der Waals surface area contributed by atoms with E-state index in [9.17, 15) is 9.59 Å². The van der Waals surface area contributed by atoms with Crippen LogP contribution in [0.1, 0.15) is 20.3 Å². The van der Waals surface area contributed by atoms with Crippen molar-refractivity contribution in [3.63, 3.8) is 0 Å². The Morgan fingerprint density at radius 3 is 2.42 bits per heavy atom. The van der Waals surface area contributed by atoms with Gasteiger partial charge in [0.1, 0.15) is 6.04 Å². The summed E-state index contributed by atoms with van der Waals surface area (Å²) in [7, 11) is 0. The predicted molar refractivity (Wildman–Crippen MR) is 42.5 cm³/mol. The highest BCUT2D eigenvalue weighted by Gasteiger charge is 2.39. The maximum Gasteiger partial charge on any atom is 0.325 e. The van der Waals surface area contributed by atoms with Gasteiger partial charge >= 0.3 is 5.97 Å². The van der Waals surface area contributed by atoms with Crippen LogP contribution in [-0.2, 0) is 9.59 Å². The van der Waals surface area contributed by atoms with Gasteiger partial charge in [0.2, 0.25) is 5.91 Å². The number of aliphatic carboxylic acids is 1. The van der Waals surface area contributed by atoms with Gasteiger partial charge in [0.15, 0.2) is 0 Å². The highest BCUT2D eigenvalue weighted by atomic mass is 16.4. The molecule has 4 heteroatoms. The fraction of sp³-hybridized carbons (Fsp3) is 0.750. The number of rotatable bonds is 3. The number of carboxylic acids is 1. The lowest BCUT2D eigenvalue weighted by atomic mass is 10.3. The fourth-order valence-corrected chi connectivity index (χ4v) is 1.07. The monoisotopic (exact) mass is 171 g/mol. The third kappa shape index (κ3) is 1.96. The Balaban J connectivity index is 2.31. The van der Waals surface area contributed by atoms with E-state index in [0.29, 0.717) is 5.92 Å². The SMILES string of the molecule is CC1CC1C(=O)N[C@H](C)C(=O)O. The summed E-state index contributed by atoms with van der Waals surface area (Å²) < 4.78 is 0. The largest absolute Gasteiger partial charge is 0.480 e. The molecule has 0 bridgehead atoms. The van der Waals surface area contributed by atoms with Crippen LogP contribution in [0.3, 0.4) is 0 Å². The molecule has 0 aliphatic heterocycles. The van der Waals surface area contributed by atoms with Gasteiger partial charge in [0, 0.05) is 5.92 Å². The van der Waals surface area contributed by atoms with E-state index in [4.69, 9.17) is 5.11 Å². The van der Waals surface area contributed by atoms with Gasteiger partial charge in [-0.2, -0.15) is 0 Å². The molecule has 1 aliphatic rings. The summed E-state index contributed by atoms with van der Waals surface area (Å²) in [5.41, 5.74) is 0. The third-order valence-electron chi connectivity index (χ3n) is 2.18. The summed E-state index contributed by atoms with van der Waals surface area (Å²) in [6.07, 6.45) is 0.887. The molecule has 2 unspecified atom stereocenters. The van der Waals surface area contributed by atoms with Crippen LogP contribution < -0.4 is 5.32 Å². The molecule has 68 valence electrons. The first kappa shape index (κ1) is 9.03. The summed E-state index contributed by atoms with van der Waals surface area (Å²) in [6, 6.07) is -0.773. The van der Waals surface area contributed by atoms with Crippen LogP contribution >= 0.6 is 0 Å². The lowest BCUT2D eigenvalue weighted by Gasteiger charge is -2.07. The van der Waals surface area contributed by atoms with Gasteiger partial charge in [0.25, 0.3) is 0 Å². The van der Waals surface area contributed by atoms with E-state index in [1.54, 1.807) is 0 Å². The zero-order valence-corrected chi connectivity index (χ0v) is 7.20. The molecule has 1 saturated carbocycles. The zero-order valence-electron chi connectivity index (χ0n) is 7.20. The quantitative estimate of drug-likeness (QED) is 0.638. The van der Waals surface area contributed by atoms with E-state index in [0.717, 1.165) is 6.42 Å². The molecule has 1 aliphatic carbocycles. The van der Waals surface area contributed by atoms with Crippen molar-refractivity contribution in [1.29, 1.82) is 0 Å². The van der Waals surface area contributed by atoms with Crippen molar-refractivity contribution >= 4 is 11.9 Å². The summed E-state index contributed by atoms with van der Waals surface area (Å²) in [5, 5.41) is 10.9. The summed E-state index contributed by atoms with van der Waals surface area (Å²) in [6.45, 7) is 3.45. The van der Waals surface area contributed by atoms with E-state index in [1.807, 2.05) is 6.92 Å².